The first-order chi connectivity index (χ1) is 7.59. The minimum absolute atomic E-state index is 0.313. The van der Waals surface area contributed by atoms with Gasteiger partial charge in [-0.15, -0.1) is 13.2 Å². The van der Waals surface area contributed by atoms with Gasteiger partial charge in [-0.25, -0.2) is 0 Å². The predicted molar refractivity (Wildman–Crippen MR) is 48.2 cm³/mol. The molecule has 94 valence electrons. The molecule has 0 aromatic heterocycles. The lowest BCUT2D eigenvalue weighted by Gasteiger charge is -2.12. The van der Waals surface area contributed by atoms with Crippen molar-refractivity contribution in [2.45, 2.75) is 12.5 Å². The van der Waals surface area contributed by atoms with E-state index in [-0.39, 0.29) is 5.56 Å². The summed E-state index contributed by atoms with van der Waals surface area (Å²) in [4.78, 5) is 0. The van der Waals surface area contributed by atoms with Crippen molar-refractivity contribution in [1.29, 1.82) is 0 Å². The first kappa shape index (κ1) is 13.4. The first-order valence-electron chi connectivity index (χ1n) is 4.22. The molecule has 0 saturated heterocycles. The second-order valence-corrected chi connectivity index (χ2v) is 3.05. The summed E-state index contributed by atoms with van der Waals surface area (Å²) < 4.78 is 75.4. The maximum absolute atomic E-state index is 12.2. The van der Waals surface area contributed by atoms with Crippen LogP contribution in [0.25, 0.3) is 5.57 Å². The van der Waals surface area contributed by atoms with Gasteiger partial charge in [-0.2, -0.15) is 13.2 Å². The number of halogens is 6. The van der Waals surface area contributed by atoms with E-state index in [4.69, 9.17) is 0 Å². The van der Waals surface area contributed by atoms with Gasteiger partial charge in [0.15, 0.2) is 0 Å². The van der Waals surface area contributed by atoms with Gasteiger partial charge in [0, 0.05) is 0 Å². The Kier molecular flexibility index (Phi) is 3.40. The molecule has 1 aromatic rings. The van der Waals surface area contributed by atoms with Gasteiger partial charge in [0.1, 0.15) is 5.75 Å². The number of ether oxygens (including phenoxy) is 1. The third-order valence-corrected chi connectivity index (χ3v) is 1.78. The van der Waals surface area contributed by atoms with Crippen molar-refractivity contribution in [2.24, 2.45) is 0 Å². The zero-order valence-corrected chi connectivity index (χ0v) is 8.19. The van der Waals surface area contributed by atoms with Gasteiger partial charge in [-0.05, 0) is 17.7 Å². The Morgan fingerprint density at radius 3 is 1.76 bits per heavy atom. The molecule has 7 heteroatoms. The van der Waals surface area contributed by atoms with E-state index in [0.29, 0.717) is 0 Å². The maximum Gasteiger partial charge on any atom is 0.573 e. The summed E-state index contributed by atoms with van der Waals surface area (Å²) >= 11 is 0. The normalized spacial score (nSPS) is 12.4. The van der Waals surface area contributed by atoms with Gasteiger partial charge in [0.25, 0.3) is 0 Å². The lowest BCUT2D eigenvalue weighted by atomic mass is 10.1. The van der Waals surface area contributed by atoms with E-state index in [9.17, 15) is 26.3 Å². The van der Waals surface area contributed by atoms with Crippen LogP contribution in [0.2, 0.25) is 0 Å². The molecule has 1 nitrogen and oxygen atoms in total. The van der Waals surface area contributed by atoms with Gasteiger partial charge < -0.3 is 4.74 Å². The van der Waals surface area contributed by atoms with Crippen LogP contribution in [0.3, 0.4) is 0 Å². The SMILES string of the molecule is C=C(c1ccc(OC(F)(F)F)cc1)C(F)(F)F. The van der Waals surface area contributed by atoms with Crippen molar-refractivity contribution in [2.75, 3.05) is 0 Å². The van der Waals surface area contributed by atoms with Crippen LogP contribution in [0.1, 0.15) is 5.56 Å². The zero-order valence-electron chi connectivity index (χ0n) is 8.19. The molecule has 0 aliphatic rings. The van der Waals surface area contributed by atoms with Crippen LogP contribution in [0.5, 0.6) is 5.75 Å². The molecular formula is C10H6F6O. The van der Waals surface area contributed by atoms with Crippen LogP contribution in [0.15, 0.2) is 30.8 Å². The van der Waals surface area contributed by atoms with Gasteiger partial charge >= 0.3 is 12.5 Å². The maximum atomic E-state index is 12.2. The standard InChI is InChI=1S/C10H6F6O/c1-6(9(11,12)13)7-2-4-8(5-3-7)17-10(14,15)16/h2-5H,1H2. The second kappa shape index (κ2) is 4.31. The average molecular weight is 256 g/mol. The highest BCUT2D eigenvalue weighted by Gasteiger charge is 2.33. The Hall–Kier alpha value is -1.66. The van der Waals surface area contributed by atoms with Crippen molar-refractivity contribution in [1.82, 2.24) is 0 Å². The molecule has 0 amide bonds. The Bertz CT molecular complexity index is 400. The average Bonchev–Trinajstić information content (AvgIpc) is 2.14. The van der Waals surface area contributed by atoms with Crippen molar-refractivity contribution in [3.05, 3.63) is 36.4 Å². The molecule has 0 N–H and O–H groups in total. The molecule has 0 saturated carbocycles. The summed E-state index contributed by atoms with van der Waals surface area (Å²) in [5.74, 6) is -0.587. The molecule has 17 heavy (non-hydrogen) atoms. The van der Waals surface area contributed by atoms with Crippen LogP contribution in [-0.4, -0.2) is 12.5 Å². The van der Waals surface area contributed by atoms with Gasteiger partial charge in [0.05, 0.1) is 5.57 Å². The van der Waals surface area contributed by atoms with E-state index in [1.54, 1.807) is 0 Å². The smallest absolute Gasteiger partial charge is 0.406 e. The van der Waals surface area contributed by atoms with E-state index < -0.39 is 23.9 Å². The monoisotopic (exact) mass is 256 g/mol. The molecule has 0 aliphatic heterocycles. The summed E-state index contributed by atoms with van der Waals surface area (Å²) in [5.41, 5.74) is -1.44. The van der Waals surface area contributed by atoms with E-state index in [1.807, 2.05) is 0 Å². The van der Waals surface area contributed by atoms with E-state index >= 15 is 0 Å². The summed E-state index contributed by atoms with van der Waals surface area (Å²) in [6.45, 7) is 2.81. The Morgan fingerprint density at radius 1 is 0.941 bits per heavy atom. The Labute approximate surface area is 92.3 Å². The number of rotatable bonds is 2. The topological polar surface area (TPSA) is 9.23 Å². The van der Waals surface area contributed by atoms with Gasteiger partial charge in [-0.1, -0.05) is 18.7 Å². The number of hydrogen-bond acceptors (Lipinski definition) is 1. The fraction of sp³-hybridized carbons (Fsp3) is 0.200. The number of benzene rings is 1. The minimum Gasteiger partial charge on any atom is -0.406 e. The quantitative estimate of drug-likeness (QED) is 0.722. The molecule has 1 aromatic carbocycles. The Morgan fingerprint density at radius 2 is 1.41 bits per heavy atom. The number of alkyl halides is 6. The van der Waals surface area contributed by atoms with Gasteiger partial charge in [0.2, 0.25) is 0 Å². The van der Waals surface area contributed by atoms with Crippen molar-refractivity contribution in [3.63, 3.8) is 0 Å². The fourth-order valence-electron chi connectivity index (χ4n) is 1.02. The molecular weight excluding hydrogens is 250 g/mol. The van der Waals surface area contributed by atoms with Crippen molar-refractivity contribution < 1.29 is 31.1 Å². The van der Waals surface area contributed by atoms with Crippen LogP contribution >= 0.6 is 0 Å². The predicted octanol–water partition coefficient (Wildman–Crippen LogP) is 4.16. The number of hydrogen-bond donors (Lipinski definition) is 0. The summed E-state index contributed by atoms with van der Waals surface area (Å²) in [6.07, 6.45) is -9.49. The highest BCUT2D eigenvalue weighted by atomic mass is 19.4. The molecule has 0 unspecified atom stereocenters. The molecule has 0 heterocycles. The third-order valence-electron chi connectivity index (χ3n) is 1.78. The lowest BCUT2D eigenvalue weighted by Crippen LogP contribution is -2.17. The molecule has 0 fully saturated rings. The molecule has 0 bridgehead atoms. The second-order valence-electron chi connectivity index (χ2n) is 3.05. The molecule has 0 aliphatic carbocycles. The highest BCUT2D eigenvalue weighted by molar-refractivity contribution is 5.67. The van der Waals surface area contributed by atoms with Crippen LogP contribution < -0.4 is 4.74 Å². The molecule has 0 radical (unpaired) electrons. The van der Waals surface area contributed by atoms with E-state index in [0.717, 1.165) is 24.3 Å². The summed E-state index contributed by atoms with van der Waals surface area (Å²) in [6, 6.07) is 3.30. The molecule has 0 spiro atoms. The highest BCUT2D eigenvalue weighted by Crippen LogP contribution is 2.33. The Balaban J connectivity index is 2.86. The fourth-order valence-corrected chi connectivity index (χ4v) is 1.02. The van der Waals surface area contributed by atoms with E-state index in [1.165, 1.54) is 0 Å². The first-order valence-corrected chi connectivity index (χ1v) is 4.22. The third kappa shape index (κ3) is 4.01. The van der Waals surface area contributed by atoms with Crippen LogP contribution in [0, 0.1) is 0 Å². The minimum atomic E-state index is -4.87. The molecule has 1 rings (SSSR count). The van der Waals surface area contributed by atoms with Crippen molar-refractivity contribution >= 4 is 5.57 Å². The lowest BCUT2D eigenvalue weighted by molar-refractivity contribution is -0.274. The molecule has 0 atom stereocenters. The van der Waals surface area contributed by atoms with Crippen LogP contribution in [-0.2, 0) is 0 Å². The summed E-state index contributed by atoms with van der Waals surface area (Å²) in [7, 11) is 0. The van der Waals surface area contributed by atoms with E-state index in [2.05, 4.69) is 11.3 Å². The van der Waals surface area contributed by atoms with Crippen LogP contribution in [0.4, 0.5) is 26.3 Å². The van der Waals surface area contributed by atoms with Gasteiger partial charge in [-0.3, -0.25) is 0 Å². The number of allylic oxidation sites excluding steroid dienone is 1. The summed E-state index contributed by atoms with van der Waals surface area (Å²) in [5, 5.41) is 0. The largest absolute Gasteiger partial charge is 0.573 e. The zero-order chi connectivity index (χ0) is 13.3. The van der Waals surface area contributed by atoms with Crippen molar-refractivity contribution in [3.8, 4) is 5.75 Å².